The van der Waals surface area contributed by atoms with Gasteiger partial charge in [0.15, 0.2) is 0 Å². The Morgan fingerprint density at radius 3 is 1.55 bits per heavy atom. The normalized spacial score (nSPS) is 11.1. The maximum atomic E-state index is 2.31. The average molecular weight is 155 g/mol. The van der Waals surface area contributed by atoms with Gasteiger partial charge in [-0.2, -0.15) is 0 Å². The highest BCUT2D eigenvalue weighted by Gasteiger charge is 1.98. The molecular weight excluding hydrogens is 135 g/mol. The van der Waals surface area contributed by atoms with Crippen LogP contribution in [0.3, 0.4) is 0 Å². The van der Waals surface area contributed by atoms with Crippen LogP contribution in [0.15, 0.2) is 0 Å². The molecule has 0 aromatic carbocycles. The Bertz CT molecular complexity index is 78.2. The van der Waals surface area contributed by atoms with Crippen molar-refractivity contribution in [2.45, 2.75) is 13.8 Å². The SMILES string of the molecule is CCN(C)C[B]CN(C)CC. The molecular formula is C8H20BN2. The molecule has 0 unspecified atom stereocenters. The maximum Gasteiger partial charge on any atom is 0.147 e. The third kappa shape index (κ3) is 6.39. The largest absolute Gasteiger partial charge is 0.315 e. The number of hydrogen-bond acceptors (Lipinski definition) is 2. The van der Waals surface area contributed by atoms with Gasteiger partial charge in [-0.3, -0.25) is 0 Å². The van der Waals surface area contributed by atoms with E-state index in [0.29, 0.717) is 0 Å². The zero-order chi connectivity index (χ0) is 8.69. The summed E-state index contributed by atoms with van der Waals surface area (Å²) < 4.78 is 0. The Morgan fingerprint density at radius 2 is 1.27 bits per heavy atom. The van der Waals surface area contributed by atoms with Crippen molar-refractivity contribution in [2.24, 2.45) is 0 Å². The smallest absolute Gasteiger partial charge is 0.147 e. The molecule has 1 radical (unpaired) electrons. The molecule has 0 aliphatic rings. The second-order valence-electron chi connectivity index (χ2n) is 3.00. The zero-order valence-electron chi connectivity index (χ0n) is 8.30. The molecule has 0 bridgehead atoms. The summed E-state index contributed by atoms with van der Waals surface area (Å²) in [5, 5.41) is 0. The molecule has 0 spiro atoms. The second kappa shape index (κ2) is 6.68. The van der Waals surface area contributed by atoms with Crippen LogP contribution in [0.5, 0.6) is 0 Å². The van der Waals surface area contributed by atoms with Crippen molar-refractivity contribution in [2.75, 3.05) is 40.1 Å². The van der Waals surface area contributed by atoms with E-state index in [0.717, 1.165) is 26.0 Å². The first-order valence-electron chi connectivity index (χ1n) is 4.39. The van der Waals surface area contributed by atoms with E-state index in [-0.39, 0.29) is 0 Å². The second-order valence-corrected chi connectivity index (χ2v) is 3.00. The van der Waals surface area contributed by atoms with Gasteiger partial charge >= 0.3 is 0 Å². The van der Waals surface area contributed by atoms with Crippen LogP contribution in [-0.2, 0) is 0 Å². The molecule has 0 atom stereocenters. The van der Waals surface area contributed by atoms with Crippen molar-refractivity contribution < 1.29 is 0 Å². The van der Waals surface area contributed by atoms with Gasteiger partial charge in [0.1, 0.15) is 7.28 Å². The summed E-state index contributed by atoms with van der Waals surface area (Å²) in [5.41, 5.74) is 0. The minimum atomic E-state index is 1.10. The fourth-order valence-corrected chi connectivity index (χ4v) is 0.757. The van der Waals surface area contributed by atoms with Crippen molar-refractivity contribution in [3.63, 3.8) is 0 Å². The van der Waals surface area contributed by atoms with Crippen molar-refractivity contribution in [3.8, 4) is 0 Å². The van der Waals surface area contributed by atoms with Crippen LogP contribution in [-0.4, -0.2) is 57.2 Å². The molecule has 0 aliphatic heterocycles. The van der Waals surface area contributed by atoms with Gasteiger partial charge in [-0.1, -0.05) is 13.8 Å². The summed E-state index contributed by atoms with van der Waals surface area (Å²) in [6.07, 6.45) is 2.20. The van der Waals surface area contributed by atoms with Gasteiger partial charge in [0.25, 0.3) is 0 Å². The van der Waals surface area contributed by atoms with Gasteiger partial charge in [0.2, 0.25) is 0 Å². The molecule has 11 heavy (non-hydrogen) atoms. The van der Waals surface area contributed by atoms with Gasteiger partial charge in [-0.05, 0) is 40.1 Å². The molecule has 0 fully saturated rings. The number of nitrogens with zero attached hydrogens (tertiary/aromatic N) is 2. The maximum absolute atomic E-state index is 2.31. The highest BCUT2D eigenvalue weighted by atomic mass is 15.1. The van der Waals surface area contributed by atoms with Gasteiger partial charge < -0.3 is 9.80 Å². The first-order valence-corrected chi connectivity index (χ1v) is 4.39. The summed E-state index contributed by atoms with van der Waals surface area (Å²) in [7, 11) is 6.60. The summed E-state index contributed by atoms with van der Waals surface area (Å²) in [6, 6.07) is 0. The van der Waals surface area contributed by atoms with E-state index in [1.807, 2.05) is 0 Å². The molecule has 2 nitrogen and oxygen atoms in total. The van der Waals surface area contributed by atoms with Crippen LogP contribution in [0.2, 0.25) is 0 Å². The molecule has 0 heterocycles. The lowest BCUT2D eigenvalue weighted by Crippen LogP contribution is -2.31. The van der Waals surface area contributed by atoms with Crippen LogP contribution in [0.1, 0.15) is 13.8 Å². The average Bonchev–Trinajstić information content (AvgIpc) is 2.04. The lowest BCUT2D eigenvalue weighted by Gasteiger charge is -2.16. The molecule has 0 N–H and O–H groups in total. The minimum Gasteiger partial charge on any atom is -0.315 e. The van der Waals surface area contributed by atoms with Crippen LogP contribution >= 0.6 is 0 Å². The van der Waals surface area contributed by atoms with Crippen molar-refractivity contribution in [3.05, 3.63) is 0 Å². The van der Waals surface area contributed by atoms with E-state index in [4.69, 9.17) is 0 Å². The fraction of sp³-hybridized carbons (Fsp3) is 1.00. The molecule has 0 aliphatic carbocycles. The van der Waals surface area contributed by atoms with E-state index in [1.54, 1.807) is 0 Å². The van der Waals surface area contributed by atoms with Gasteiger partial charge in [-0.25, -0.2) is 0 Å². The predicted molar refractivity (Wildman–Crippen MR) is 52.1 cm³/mol. The Labute approximate surface area is 71.8 Å². The fourth-order valence-electron chi connectivity index (χ4n) is 0.757. The van der Waals surface area contributed by atoms with Crippen LogP contribution in [0, 0.1) is 0 Å². The Balaban J connectivity index is 3.13. The minimum absolute atomic E-state index is 1.10. The van der Waals surface area contributed by atoms with Crippen molar-refractivity contribution in [1.82, 2.24) is 9.80 Å². The van der Waals surface area contributed by atoms with E-state index < -0.39 is 0 Å². The molecule has 0 saturated heterocycles. The van der Waals surface area contributed by atoms with E-state index in [2.05, 4.69) is 45.0 Å². The monoisotopic (exact) mass is 155 g/mol. The molecule has 0 aromatic heterocycles. The van der Waals surface area contributed by atoms with E-state index >= 15 is 0 Å². The quantitative estimate of drug-likeness (QED) is 0.515. The third-order valence-electron chi connectivity index (χ3n) is 1.96. The van der Waals surface area contributed by atoms with Crippen LogP contribution in [0.25, 0.3) is 0 Å². The lowest BCUT2D eigenvalue weighted by molar-refractivity contribution is 0.388. The molecule has 0 saturated carbocycles. The molecule has 0 amide bonds. The molecule has 65 valence electrons. The van der Waals surface area contributed by atoms with Crippen LogP contribution in [0.4, 0.5) is 0 Å². The Morgan fingerprint density at radius 1 is 0.909 bits per heavy atom. The van der Waals surface area contributed by atoms with E-state index in [1.165, 1.54) is 0 Å². The lowest BCUT2D eigenvalue weighted by atomic mass is 9.77. The molecule has 0 rings (SSSR count). The topological polar surface area (TPSA) is 6.48 Å². The standard InChI is InChI=1S/C8H20BN2/c1-5-10(3)7-9-8-11(4)6-2/h5-8H2,1-4H3. The molecule has 3 heteroatoms. The first kappa shape index (κ1) is 11.0. The Kier molecular flexibility index (Phi) is 6.67. The van der Waals surface area contributed by atoms with E-state index in [9.17, 15) is 0 Å². The third-order valence-corrected chi connectivity index (χ3v) is 1.96. The summed E-state index contributed by atoms with van der Waals surface area (Å²) >= 11 is 0. The highest BCUT2D eigenvalue weighted by molar-refractivity contribution is 6.35. The zero-order valence-corrected chi connectivity index (χ0v) is 8.30. The van der Waals surface area contributed by atoms with Gasteiger partial charge in [0.05, 0.1) is 0 Å². The summed E-state index contributed by atoms with van der Waals surface area (Å²) in [5.74, 6) is 0. The van der Waals surface area contributed by atoms with Crippen molar-refractivity contribution in [1.29, 1.82) is 0 Å². The summed E-state index contributed by atoms with van der Waals surface area (Å²) in [4.78, 5) is 4.59. The number of hydrogen-bond donors (Lipinski definition) is 0. The predicted octanol–water partition coefficient (Wildman–Crippen LogP) is 0.509. The number of rotatable bonds is 6. The van der Waals surface area contributed by atoms with Gasteiger partial charge in [-0.15, -0.1) is 0 Å². The van der Waals surface area contributed by atoms with Crippen molar-refractivity contribution >= 4 is 7.28 Å². The summed E-state index contributed by atoms with van der Waals surface area (Å²) in [6.45, 7) is 6.62. The van der Waals surface area contributed by atoms with Gasteiger partial charge in [0, 0.05) is 0 Å². The Hall–Kier alpha value is -0.0151. The first-order chi connectivity index (χ1) is 5.20. The highest BCUT2D eigenvalue weighted by Crippen LogP contribution is 1.81. The molecule has 0 aromatic rings. The van der Waals surface area contributed by atoms with Crippen LogP contribution < -0.4 is 0 Å².